The Bertz CT molecular complexity index is 1310. The number of piperidine rings is 1. The Hall–Kier alpha value is -2.88. The highest BCUT2D eigenvalue weighted by molar-refractivity contribution is 7.89. The van der Waals surface area contributed by atoms with E-state index < -0.39 is 41.1 Å². The maximum atomic E-state index is 13.0. The highest BCUT2D eigenvalue weighted by Crippen LogP contribution is 2.36. The van der Waals surface area contributed by atoms with Gasteiger partial charge in [0.05, 0.1) is 11.9 Å². The number of hydrogen-bond acceptors (Lipinski definition) is 8. The molecule has 1 aliphatic carbocycles. The summed E-state index contributed by atoms with van der Waals surface area (Å²) in [6.07, 6.45) is 1.91. The summed E-state index contributed by atoms with van der Waals surface area (Å²) in [4.78, 5) is 20.7. The molecule has 0 amide bonds. The predicted molar refractivity (Wildman–Crippen MR) is 141 cm³/mol. The van der Waals surface area contributed by atoms with Gasteiger partial charge in [0.15, 0.2) is 0 Å². The average Bonchev–Trinajstić information content (AvgIpc) is 3.54. The van der Waals surface area contributed by atoms with Crippen molar-refractivity contribution in [2.75, 3.05) is 18.4 Å². The van der Waals surface area contributed by atoms with Gasteiger partial charge in [0.1, 0.15) is 11.0 Å². The first kappa shape index (κ1) is 32.0. The SMILES string of the molecule is Cc1c(S(=O)(=O)N2CCC(Nc3ncc([C@H]4CC[C@@H](OC(=O)CC[C@@H](C)CC(F)(F)F)C4)cn3)CC2)cnn1C(F)F. The lowest BCUT2D eigenvalue weighted by molar-refractivity contribution is -0.152. The van der Waals surface area contributed by atoms with Gasteiger partial charge in [-0.25, -0.2) is 23.1 Å². The predicted octanol–water partition coefficient (Wildman–Crippen LogP) is 5.19. The monoisotopic (exact) mass is 622 g/mol. The van der Waals surface area contributed by atoms with Crippen molar-refractivity contribution in [3.8, 4) is 0 Å². The minimum Gasteiger partial charge on any atom is -0.462 e. The van der Waals surface area contributed by atoms with E-state index in [4.69, 9.17) is 4.74 Å². The summed E-state index contributed by atoms with van der Waals surface area (Å²) < 4.78 is 96.5. The average molecular weight is 623 g/mol. The molecule has 42 heavy (non-hydrogen) atoms. The fraction of sp³-hybridized carbons (Fsp3) is 0.692. The van der Waals surface area contributed by atoms with Gasteiger partial charge in [-0.15, -0.1) is 0 Å². The van der Waals surface area contributed by atoms with Crippen LogP contribution in [-0.4, -0.2) is 69.9 Å². The third kappa shape index (κ3) is 8.14. The second kappa shape index (κ2) is 13.2. The molecule has 2 aliphatic rings. The van der Waals surface area contributed by atoms with Crippen molar-refractivity contribution in [3.63, 3.8) is 0 Å². The molecule has 0 radical (unpaired) electrons. The Kier molecular flexibility index (Phi) is 10.1. The molecule has 1 aliphatic heterocycles. The summed E-state index contributed by atoms with van der Waals surface area (Å²) in [5.74, 6) is -0.646. The Balaban J connectivity index is 1.21. The summed E-state index contributed by atoms with van der Waals surface area (Å²) in [6.45, 7) is 0.231. The lowest BCUT2D eigenvalue weighted by Gasteiger charge is -2.31. The Labute approximate surface area is 241 Å². The molecule has 234 valence electrons. The van der Waals surface area contributed by atoms with Gasteiger partial charge in [0.2, 0.25) is 16.0 Å². The minimum absolute atomic E-state index is 0.0458. The number of anilines is 1. The van der Waals surface area contributed by atoms with Crippen LogP contribution in [0.2, 0.25) is 0 Å². The fourth-order valence-electron chi connectivity index (χ4n) is 5.50. The van der Waals surface area contributed by atoms with Crippen LogP contribution in [0, 0.1) is 12.8 Å². The quantitative estimate of drug-likeness (QED) is 0.269. The summed E-state index contributed by atoms with van der Waals surface area (Å²) in [7, 11) is -3.96. The number of esters is 1. The maximum Gasteiger partial charge on any atom is 0.389 e. The van der Waals surface area contributed by atoms with Gasteiger partial charge in [-0.3, -0.25) is 4.79 Å². The first-order valence-corrected chi connectivity index (χ1v) is 15.3. The molecular weight excluding hydrogens is 587 g/mol. The molecule has 1 saturated carbocycles. The molecule has 3 heterocycles. The van der Waals surface area contributed by atoms with E-state index >= 15 is 0 Å². The summed E-state index contributed by atoms with van der Waals surface area (Å²) in [6, 6.07) is -0.0821. The zero-order valence-corrected chi connectivity index (χ0v) is 24.2. The van der Waals surface area contributed by atoms with Crippen molar-refractivity contribution >= 4 is 21.9 Å². The first-order valence-electron chi connectivity index (χ1n) is 13.9. The van der Waals surface area contributed by atoms with Crippen molar-refractivity contribution in [1.29, 1.82) is 0 Å². The number of hydrogen-bond donors (Lipinski definition) is 1. The second-order valence-electron chi connectivity index (χ2n) is 11.1. The number of carbonyl (C=O) groups excluding carboxylic acids is 1. The number of alkyl halides is 5. The molecule has 4 rings (SSSR count). The van der Waals surface area contributed by atoms with E-state index in [0.717, 1.165) is 18.2 Å². The van der Waals surface area contributed by atoms with Crippen LogP contribution in [0.1, 0.15) is 82.0 Å². The lowest BCUT2D eigenvalue weighted by Crippen LogP contribution is -2.42. The molecule has 0 unspecified atom stereocenters. The number of nitrogens with zero attached hydrogens (tertiary/aromatic N) is 5. The normalized spacial score (nSPS) is 21.5. The van der Waals surface area contributed by atoms with Crippen LogP contribution in [0.5, 0.6) is 0 Å². The van der Waals surface area contributed by atoms with E-state index in [1.54, 1.807) is 12.4 Å². The van der Waals surface area contributed by atoms with Gasteiger partial charge in [-0.05, 0) is 62.8 Å². The third-order valence-electron chi connectivity index (χ3n) is 7.84. The molecule has 2 fully saturated rings. The molecule has 0 bridgehead atoms. The van der Waals surface area contributed by atoms with E-state index in [-0.39, 0.29) is 54.6 Å². The topological polar surface area (TPSA) is 119 Å². The Morgan fingerprint density at radius 1 is 1.12 bits per heavy atom. The number of ether oxygens (including phenoxy) is 1. The maximum absolute atomic E-state index is 13.0. The fourth-order valence-corrected chi connectivity index (χ4v) is 7.12. The van der Waals surface area contributed by atoms with Crippen LogP contribution in [0.4, 0.5) is 27.9 Å². The van der Waals surface area contributed by atoms with Gasteiger partial charge in [-0.2, -0.15) is 31.4 Å². The second-order valence-corrected chi connectivity index (χ2v) is 13.0. The number of aromatic nitrogens is 4. The van der Waals surface area contributed by atoms with Crippen molar-refractivity contribution in [2.24, 2.45) is 5.92 Å². The number of nitrogens with one attached hydrogen (secondary N) is 1. The Morgan fingerprint density at radius 3 is 2.38 bits per heavy atom. The Morgan fingerprint density at radius 2 is 1.79 bits per heavy atom. The summed E-state index contributed by atoms with van der Waals surface area (Å²) in [5, 5.41) is 6.71. The molecule has 16 heteroatoms. The third-order valence-corrected chi connectivity index (χ3v) is 9.84. The van der Waals surface area contributed by atoms with Crippen LogP contribution in [-0.2, 0) is 19.6 Å². The molecule has 0 aromatic carbocycles. The summed E-state index contributed by atoms with van der Waals surface area (Å²) in [5.41, 5.74) is 0.776. The van der Waals surface area contributed by atoms with E-state index in [9.17, 15) is 35.2 Å². The molecule has 10 nitrogen and oxygen atoms in total. The van der Waals surface area contributed by atoms with Crippen LogP contribution >= 0.6 is 0 Å². The number of sulfonamides is 1. The van der Waals surface area contributed by atoms with E-state index in [2.05, 4.69) is 20.4 Å². The van der Waals surface area contributed by atoms with E-state index in [1.807, 2.05) is 0 Å². The van der Waals surface area contributed by atoms with Crippen molar-refractivity contribution < 1.29 is 39.9 Å². The smallest absolute Gasteiger partial charge is 0.389 e. The number of carbonyl (C=O) groups is 1. The molecule has 3 atom stereocenters. The standard InChI is InChI=1S/C26H35F5N6O4S/c1-16(12-26(29,30)31)3-6-23(38)41-21-5-4-18(11-21)19-13-32-25(33-14-19)35-20-7-9-36(10-8-20)42(39,40)22-15-34-37(17(22)2)24(27)28/h13-16,18,20-21,24H,3-12H2,1-2H3,(H,32,33,35)/t16-,18+,21-/m1/s1. The van der Waals surface area contributed by atoms with Crippen molar-refractivity contribution in [2.45, 2.75) is 101 Å². The van der Waals surface area contributed by atoms with Gasteiger partial charge in [0.25, 0.3) is 0 Å². The zero-order chi connectivity index (χ0) is 30.7. The van der Waals surface area contributed by atoms with Crippen LogP contribution in [0.25, 0.3) is 0 Å². The van der Waals surface area contributed by atoms with E-state index in [0.29, 0.717) is 36.3 Å². The zero-order valence-electron chi connectivity index (χ0n) is 23.4. The largest absolute Gasteiger partial charge is 0.462 e. The van der Waals surface area contributed by atoms with Gasteiger partial charge >= 0.3 is 18.7 Å². The van der Waals surface area contributed by atoms with Crippen molar-refractivity contribution in [3.05, 3.63) is 29.8 Å². The van der Waals surface area contributed by atoms with Crippen molar-refractivity contribution in [1.82, 2.24) is 24.1 Å². The van der Waals surface area contributed by atoms with Crippen LogP contribution < -0.4 is 5.32 Å². The lowest BCUT2D eigenvalue weighted by atomic mass is 10.0. The molecule has 2 aromatic heterocycles. The number of halogens is 5. The molecular formula is C26H35F5N6O4S. The summed E-state index contributed by atoms with van der Waals surface area (Å²) >= 11 is 0. The van der Waals surface area contributed by atoms with Gasteiger partial charge < -0.3 is 10.1 Å². The van der Waals surface area contributed by atoms with Crippen LogP contribution in [0.3, 0.4) is 0 Å². The highest BCUT2D eigenvalue weighted by Gasteiger charge is 2.34. The molecule has 1 saturated heterocycles. The van der Waals surface area contributed by atoms with Crippen LogP contribution in [0.15, 0.2) is 23.5 Å². The highest BCUT2D eigenvalue weighted by atomic mass is 32.2. The molecule has 1 N–H and O–H groups in total. The minimum atomic E-state index is -4.25. The first-order chi connectivity index (χ1) is 19.7. The van der Waals surface area contributed by atoms with Gasteiger partial charge in [-0.1, -0.05) is 6.92 Å². The molecule has 2 aromatic rings. The molecule has 0 spiro atoms. The number of rotatable bonds is 11. The van der Waals surface area contributed by atoms with Gasteiger partial charge in [0, 0.05) is 44.4 Å². The van der Waals surface area contributed by atoms with E-state index in [1.165, 1.54) is 18.2 Å².